The predicted molar refractivity (Wildman–Crippen MR) is 128 cm³/mol. The van der Waals surface area contributed by atoms with Crippen LogP contribution in [0.4, 0.5) is 0 Å². The molecule has 1 fully saturated rings. The van der Waals surface area contributed by atoms with Crippen LogP contribution in [0.15, 0.2) is 23.2 Å². The summed E-state index contributed by atoms with van der Waals surface area (Å²) in [4.78, 5) is 7.41. The summed E-state index contributed by atoms with van der Waals surface area (Å²) in [5.41, 5.74) is 1.21. The van der Waals surface area contributed by atoms with Crippen molar-refractivity contribution in [3.8, 4) is 11.5 Å². The molecule has 1 aliphatic heterocycles. The molecule has 1 saturated heterocycles. The Balaban J connectivity index is 0.00000392. The number of rotatable bonds is 10. The van der Waals surface area contributed by atoms with E-state index in [1.54, 1.807) is 14.2 Å². The molecule has 0 saturated carbocycles. The second-order valence-electron chi connectivity index (χ2n) is 6.89. The van der Waals surface area contributed by atoms with Gasteiger partial charge in [0.2, 0.25) is 0 Å². The van der Waals surface area contributed by atoms with E-state index in [1.165, 1.54) is 31.5 Å². The van der Waals surface area contributed by atoms with E-state index in [9.17, 15) is 0 Å². The summed E-state index contributed by atoms with van der Waals surface area (Å²) in [6, 6.07) is 6.61. The zero-order valence-electron chi connectivity index (χ0n) is 17.8. The van der Waals surface area contributed by atoms with Crippen molar-refractivity contribution in [1.29, 1.82) is 0 Å². The second kappa shape index (κ2) is 13.9. The fourth-order valence-electron chi connectivity index (χ4n) is 3.51. The minimum absolute atomic E-state index is 0. The van der Waals surface area contributed by atoms with Crippen molar-refractivity contribution in [3.05, 3.63) is 23.8 Å². The van der Waals surface area contributed by atoms with Crippen LogP contribution in [-0.4, -0.2) is 63.8 Å². The van der Waals surface area contributed by atoms with Crippen LogP contribution in [0.25, 0.3) is 0 Å². The fourth-order valence-corrected chi connectivity index (χ4v) is 3.51. The molecule has 0 amide bonds. The normalized spacial score (nSPS) is 15.6. The van der Waals surface area contributed by atoms with Gasteiger partial charge in [0.25, 0.3) is 0 Å². The SMILES string of the molecule is CCNC(=NCC(CC)N1CCCC1)NCCc1ccc(OC)c(OC)c1.I. The molecule has 0 radical (unpaired) electrons. The van der Waals surface area contributed by atoms with Crippen LogP contribution in [0, 0.1) is 0 Å². The predicted octanol–water partition coefficient (Wildman–Crippen LogP) is 3.29. The summed E-state index contributed by atoms with van der Waals surface area (Å²) in [5.74, 6) is 2.43. The molecule has 160 valence electrons. The lowest BCUT2D eigenvalue weighted by Crippen LogP contribution is -2.40. The van der Waals surface area contributed by atoms with E-state index in [2.05, 4.69) is 35.4 Å². The molecule has 0 bridgehead atoms. The molecule has 2 N–H and O–H groups in total. The lowest BCUT2D eigenvalue weighted by atomic mass is 10.1. The highest BCUT2D eigenvalue weighted by atomic mass is 127. The van der Waals surface area contributed by atoms with Crippen LogP contribution in [0.1, 0.15) is 38.7 Å². The molecule has 0 aliphatic carbocycles. The summed E-state index contributed by atoms with van der Waals surface area (Å²) < 4.78 is 10.7. The molecular formula is C21H37IN4O2. The Kier molecular flexibility index (Phi) is 12.3. The van der Waals surface area contributed by atoms with E-state index in [0.717, 1.165) is 49.9 Å². The van der Waals surface area contributed by atoms with Gasteiger partial charge in [0.15, 0.2) is 17.5 Å². The van der Waals surface area contributed by atoms with Gasteiger partial charge < -0.3 is 20.1 Å². The molecule has 1 unspecified atom stereocenters. The molecular weight excluding hydrogens is 467 g/mol. The Labute approximate surface area is 187 Å². The quantitative estimate of drug-likeness (QED) is 0.291. The fraction of sp³-hybridized carbons (Fsp3) is 0.667. The Hall–Kier alpha value is -1.22. The summed E-state index contributed by atoms with van der Waals surface area (Å²) in [6.07, 6.45) is 4.69. The van der Waals surface area contributed by atoms with Crippen molar-refractivity contribution < 1.29 is 9.47 Å². The van der Waals surface area contributed by atoms with Crippen LogP contribution in [0.2, 0.25) is 0 Å². The monoisotopic (exact) mass is 504 g/mol. The van der Waals surface area contributed by atoms with Gasteiger partial charge in [0.05, 0.1) is 20.8 Å². The lowest BCUT2D eigenvalue weighted by Gasteiger charge is -2.25. The van der Waals surface area contributed by atoms with Gasteiger partial charge in [-0.15, -0.1) is 24.0 Å². The standard InChI is InChI=1S/C21H36N4O2.HI/c1-5-18(25-13-7-8-14-25)16-24-21(22-6-2)23-12-11-17-9-10-19(26-3)20(15-17)27-4;/h9-10,15,18H,5-8,11-14,16H2,1-4H3,(H2,22,23,24);1H. The van der Waals surface area contributed by atoms with Gasteiger partial charge in [0, 0.05) is 19.1 Å². The topological polar surface area (TPSA) is 58.1 Å². The highest BCUT2D eigenvalue weighted by Gasteiger charge is 2.20. The van der Waals surface area contributed by atoms with Gasteiger partial charge in [-0.05, 0) is 63.4 Å². The number of hydrogen-bond donors (Lipinski definition) is 2. The number of likely N-dealkylation sites (tertiary alicyclic amines) is 1. The van der Waals surface area contributed by atoms with Crippen LogP contribution in [-0.2, 0) is 6.42 Å². The molecule has 2 rings (SSSR count). The largest absolute Gasteiger partial charge is 0.493 e. The molecule has 1 aromatic carbocycles. The number of guanidine groups is 1. The average molecular weight is 504 g/mol. The molecule has 1 aliphatic rings. The van der Waals surface area contributed by atoms with Gasteiger partial charge in [0.1, 0.15) is 0 Å². The number of nitrogens with one attached hydrogen (secondary N) is 2. The molecule has 1 heterocycles. The minimum Gasteiger partial charge on any atom is -0.493 e. The van der Waals surface area contributed by atoms with Crippen LogP contribution in [0.3, 0.4) is 0 Å². The first kappa shape index (κ1) is 24.8. The number of nitrogens with zero attached hydrogens (tertiary/aromatic N) is 2. The second-order valence-corrected chi connectivity index (χ2v) is 6.89. The molecule has 28 heavy (non-hydrogen) atoms. The highest BCUT2D eigenvalue weighted by molar-refractivity contribution is 14.0. The van der Waals surface area contributed by atoms with E-state index in [0.29, 0.717) is 6.04 Å². The Morgan fingerprint density at radius 1 is 1.11 bits per heavy atom. The van der Waals surface area contributed by atoms with E-state index >= 15 is 0 Å². The van der Waals surface area contributed by atoms with Crippen molar-refractivity contribution >= 4 is 29.9 Å². The maximum absolute atomic E-state index is 5.38. The van der Waals surface area contributed by atoms with E-state index in [-0.39, 0.29) is 24.0 Å². The average Bonchev–Trinajstić information content (AvgIpc) is 3.22. The Morgan fingerprint density at radius 3 is 2.43 bits per heavy atom. The maximum Gasteiger partial charge on any atom is 0.191 e. The Morgan fingerprint density at radius 2 is 1.82 bits per heavy atom. The van der Waals surface area contributed by atoms with Crippen molar-refractivity contribution in [2.24, 2.45) is 4.99 Å². The third-order valence-corrected chi connectivity index (χ3v) is 5.09. The number of aliphatic imine (C=N–C) groups is 1. The van der Waals surface area contributed by atoms with Gasteiger partial charge in [-0.25, -0.2) is 0 Å². The van der Waals surface area contributed by atoms with E-state index in [4.69, 9.17) is 14.5 Å². The summed E-state index contributed by atoms with van der Waals surface area (Å²) in [5, 5.41) is 6.81. The van der Waals surface area contributed by atoms with Crippen molar-refractivity contribution in [2.45, 2.75) is 45.6 Å². The summed E-state index contributed by atoms with van der Waals surface area (Å²) in [7, 11) is 3.32. The number of halogens is 1. The number of benzene rings is 1. The maximum atomic E-state index is 5.38. The van der Waals surface area contributed by atoms with Gasteiger partial charge in [-0.1, -0.05) is 13.0 Å². The molecule has 1 aromatic rings. The minimum atomic E-state index is 0. The number of hydrogen-bond acceptors (Lipinski definition) is 4. The number of ether oxygens (including phenoxy) is 2. The highest BCUT2D eigenvalue weighted by Crippen LogP contribution is 2.27. The van der Waals surface area contributed by atoms with E-state index < -0.39 is 0 Å². The van der Waals surface area contributed by atoms with Gasteiger partial charge in [-0.2, -0.15) is 0 Å². The zero-order chi connectivity index (χ0) is 19.5. The molecule has 0 spiro atoms. The first-order chi connectivity index (χ1) is 13.2. The molecule has 0 aromatic heterocycles. The van der Waals surface area contributed by atoms with Gasteiger partial charge in [-0.3, -0.25) is 9.89 Å². The Bertz CT molecular complexity index is 592. The molecule has 7 heteroatoms. The van der Waals surface area contributed by atoms with Crippen LogP contribution >= 0.6 is 24.0 Å². The third-order valence-electron chi connectivity index (χ3n) is 5.09. The number of methoxy groups -OCH3 is 2. The lowest BCUT2D eigenvalue weighted by molar-refractivity contribution is 0.242. The zero-order valence-corrected chi connectivity index (χ0v) is 20.1. The molecule has 1 atom stereocenters. The van der Waals surface area contributed by atoms with Crippen molar-refractivity contribution in [2.75, 3.05) is 46.9 Å². The smallest absolute Gasteiger partial charge is 0.191 e. The van der Waals surface area contributed by atoms with Crippen molar-refractivity contribution in [3.63, 3.8) is 0 Å². The van der Waals surface area contributed by atoms with Crippen LogP contribution in [0.5, 0.6) is 11.5 Å². The van der Waals surface area contributed by atoms with E-state index in [1.807, 2.05) is 12.1 Å². The van der Waals surface area contributed by atoms with Gasteiger partial charge >= 0.3 is 0 Å². The summed E-state index contributed by atoms with van der Waals surface area (Å²) >= 11 is 0. The molecule has 6 nitrogen and oxygen atoms in total. The third kappa shape index (κ3) is 7.66. The first-order valence-corrected chi connectivity index (χ1v) is 10.2. The van der Waals surface area contributed by atoms with Crippen molar-refractivity contribution in [1.82, 2.24) is 15.5 Å². The van der Waals surface area contributed by atoms with Crippen LogP contribution < -0.4 is 20.1 Å². The summed E-state index contributed by atoms with van der Waals surface area (Å²) in [6.45, 7) is 9.33. The first-order valence-electron chi connectivity index (χ1n) is 10.2.